The SMILES string of the molecule is COc1cc(Cl)c(F)c(B2OC(C)(C)C(C)(C)O2)c1. The summed E-state index contributed by atoms with van der Waals surface area (Å²) in [5.74, 6) is -0.0721. The summed E-state index contributed by atoms with van der Waals surface area (Å²) < 4.78 is 30.8. The molecule has 1 aromatic rings. The Balaban J connectivity index is 2.42. The molecular weight excluding hydrogens is 269 g/mol. The summed E-state index contributed by atoms with van der Waals surface area (Å²) in [4.78, 5) is 0. The van der Waals surface area contributed by atoms with Crippen LogP contribution >= 0.6 is 11.6 Å². The first-order chi connectivity index (χ1) is 8.68. The first kappa shape index (κ1) is 14.6. The van der Waals surface area contributed by atoms with Gasteiger partial charge in [-0.2, -0.15) is 0 Å². The Morgan fingerprint density at radius 2 is 1.68 bits per heavy atom. The molecule has 0 radical (unpaired) electrons. The summed E-state index contributed by atoms with van der Waals surface area (Å²) in [7, 11) is 0.704. The maximum absolute atomic E-state index is 14.1. The van der Waals surface area contributed by atoms with E-state index in [9.17, 15) is 4.39 Å². The van der Waals surface area contributed by atoms with Crippen LogP contribution in [0.15, 0.2) is 12.1 Å². The molecule has 0 saturated carbocycles. The number of methoxy groups -OCH3 is 1. The molecule has 1 heterocycles. The van der Waals surface area contributed by atoms with Crippen LogP contribution < -0.4 is 10.2 Å². The summed E-state index contributed by atoms with van der Waals surface area (Å²) in [6.45, 7) is 7.64. The van der Waals surface area contributed by atoms with Gasteiger partial charge in [0.25, 0.3) is 0 Å². The van der Waals surface area contributed by atoms with Gasteiger partial charge in [0.2, 0.25) is 0 Å². The second-order valence-electron chi connectivity index (χ2n) is 5.60. The van der Waals surface area contributed by atoms with Gasteiger partial charge in [-0.25, -0.2) is 4.39 Å². The van der Waals surface area contributed by atoms with Gasteiger partial charge < -0.3 is 14.0 Å². The molecule has 0 aromatic heterocycles. The molecule has 19 heavy (non-hydrogen) atoms. The Kier molecular flexibility index (Phi) is 3.58. The minimum atomic E-state index is -0.794. The smallest absolute Gasteiger partial charge is 0.497 e. The average Bonchev–Trinajstić information content (AvgIpc) is 2.51. The number of benzene rings is 1. The van der Waals surface area contributed by atoms with Gasteiger partial charge in [-0.1, -0.05) is 11.6 Å². The Labute approximate surface area is 118 Å². The van der Waals surface area contributed by atoms with Crippen LogP contribution in [0, 0.1) is 5.82 Å². The maximum Gasteiger partial charge on any atom is 0.498 e. The summed E-state index contributed by atoms with van der Waals surface area (Å²) in [5, 5.41) is -0.0101. The van der Waals surface area contributed by atoms with Gasteiger partial charge in [-0.3, -0.25) is 0 Å². The predicted molar refractivity (Wildman–Crippen MR) is 73.7 cm³/mol. The molecule has 2 rings (SSSR count). The van der Waals surface area contributed by atoms with Crippen molar-refractivity contribution in [1.29, 1.82) is 0 Å². The molecule has 3 nitrogen and oxygen atoms in total. The lowest BCUT2D eigenvalue weighted by Gasteiger charge is -2.32. The van der Waals surface area contributed by atoms with Crippen LogP contribution in [-0.4, -0.2) is 25.4 Å². The molecule has 0 N–H and O–H groups in total. The zero-order valence-corrected chi connectivity index (χ0v) is 12.5. The summed E-state index contributed by atoms with van der Waals surface area (Å²) in [6.07, 6.45) is 0. The van der Waals surface area contributed by atoms with Crippen molar-refractivity contribution in [2.45, 2.75) is 38.9 Å². The minimum absolute atomic E-state index is 0.0101. The third kappa shape index (κ3) is 2.47. The number of hydrogen-bond donors (Lipinski definition) is 0. The molecule has 1 fully saturated rings. The predicted octanol–water partition coefficient (Wildman–Crippen LogP) is 2.79. The van der Waals surface area contributed by atoms with Gasteiger partial charge in [0, 0.05) is 11.5 Å². The second-order valence-corrected chi connectivity index (χ2v) is 6.01. The summed E-state index contributed by atoms with van der Waals surface area (Å²) in [5.41, 5.74) is -0.803. The molecular formula is C13H17BClFO3. The van der Waals surface area contributed by atoms with Gasteiger partial charge in [0.15, 0.2) is 0 Å². The van der Waals surface area contributed by atoms with Crippen molar-refractivity contribution in [3.05, 3.63) is 23.0 Å². The maximum atomic E-state index is 14.1. The van der Waals surface area contributed by atoms with Crippen molar-refractivity contribution >= 4 is 24.2 Å². The quantitative estimate of drug-likeness (QED) is 0.783. The fourth-order valence-corrected chi connectivity index (χ4v) is 2.06. The molecule has 1 saturated heterocycles. The fourth-order valence-electron chi connectivity index (χ4n) is 1.84. The average molecular weight is 287 g/mol. The van der Waals surface area contributed by atoms with Crippen LogP contribution in [0.3, 0.4) is 0 Å². The van der Waals surface area contributed by atoms with E-state index in [0.29, 0.717) is 5.75 Å². The van der Waals surface area contributed by atoms with E-state index in [1.807, 2.05) is 27.7 Å². The van der Waals surface area contributed by atoms with Crippen LogP contribution in [0.4, 0.5) is 4.39 Å². The highest BCUT2D eigenvalue weighted by Gasteiger charge is 2.52. The van der Waals surface area contributed by atoms with Gasteiger partial charge in [-0.15, -0.1) is 0 Å². The van der Waals surface area contributed by atoms with E-state index in [4.69, 9.17) is 25.6 Å². The molecule has 104 valence electrons. The van der Waals surface area contributed by atoms with E-state index in [1.54, 1.807) is 6.07 Å². The van der Waals surface area contributed by atoms with Crippen LogP contribution in [-0.2, 0) is 9.31 Å². The van der Waals surface area contributed by atoms with Crippen LogP contribution in [0.2, 0.25) is 5.02 Å². The van der Waals surface area contributed by atoms with Gasteiger partial charge in [0.1, 0.15) is 11.6 Å². The second kappa shape index (κ2) is 4.65. The van der Waals surface area contributed by atoms with Crippen molar-refractivity contribution in [1.82, 2.24) is 0 Å². The van der Waals surface area contributed by atoms with Crippen molar-refractivity contribution < 1.29 is 18.4 Å². The molecule has 1 aliphatic rings. The Hall–Kier alpha value is -0.775. The lowest BCUT2D eigenvalue weighted by Crippen LogP contribution is -2.41. The zero-order valence-electron chi connectivity index (χ0n) is 11.7. The lowest BCUT2D eigenvalue weighted by molar-refractivity contribution is 0.00578. The molecule has 0 amide bonds. The third-order valence-electron chi connectivity index (χ3n) is 3.77. The largest absolute Gasteiger partial charge is 0.498 e. The van der Waals surface area contributed by atoms with E-state index >= 15 is 0 Å². The highest BCUT2D eigenvalue weighted by molar-refractivity contribution is 6.62. The van der Waals surface area contributed by atoms with Gasteiger partial charge in [-0.05, 0) is 33.8 Å². The molecule has 0 bridgehead atoms. The van der Waals surface area contributed by atoms with Crippen molar-refractivity contribution in [3.63, 3.8) is 0 Å². The number of rotatable bonds is 2. The molecule has 1 aliphatic heterocycles. The van der Waals surface area contributed by atoms with Crippen molar-refractivity contribution in [2.24, 2.45) is 0 Å². The van der Waals surface area contributed by atoms with Gasteiger partial charge in [0.05, 0.1) is 23.3 Å². The van der Waals surface area contributed by atoms with Crippen LogP contribution in [0.5, 0.6) is 5.75 Å². The molecule has 0 aliphatic carbocycles. The Morgan fingerprint density at radius 3 is 2.16 bits per heavy atom. The molecule has 0 spiro atoms. The van der Waals surface area contributed by atoms with Crippen molar-refractivity contribution in [3.8, 4) is 5.75 Å². The normalized spacial score (nSPS) is 20.7. The number of hydrogen-bond acceptors (Lipinski definition) is 3. The highest BCUT2D eigenvalue weighted by Crippen LogP contribution is 2.37. The van der Waals surface area contributed by atoms with E-state index in [1.165, 1.54) is 13.2 Å². The van der Waals surface area contributed by atoms with E-state index in [2.05, 4.69) is 0 Å². The third-order valence-corrected chi connectivity index (χ3v) is 4.05. The van der Waals surface area contributed by atoms with Crippen LogP contribution in [0.1, 0.15) is 27.7 Å². The Bertz CT molecular complexity index is 489. The topological polar surface area (TPSA) is 27.7 Å². The lowest BCUT2D eigenvalue weighted by atomic mass is 9.78. The molecule has 0 atom stereocenters. The first-order valence-electron chi connectivity index (χ1n) is 6.06. The van der Waals surface area contributed by atoms with Crippen molar-refractivity contribution in [2.75, 3.05) is 7.11 Å². The molecule has 1 aromatic carbocycles. The standard InChI is InChI=1S/C13H17BClFO3/c1-12(2)13(3,4)19-14(18-12)9-6-8(17-5)7-10(15)11(9)16/h6-7H,1-5H3. The summed E-state index contributed by atoms with van der Waals surface area (Å²) in [6, 6.07) is 2.97. The highest BCUT2D eigenvalue weighted by atomic mass is 35.5. The molecule has 6 heteroatoms. The van der Waals surface area contributed by atoms with Gasteiger partial charge >= 0.3 is 7.12 Å². The van der Waals surface area contributed by atoms with E-state index in [-0.39, 0.29) is 10.5 Å². The van der Waals surface area contributed by atoms with E-state index < -0.39 is 24.1 Å². The minimum Gasteiger partial charge on any atom is -0.497 e. The monoisotopic (exact) mass is 286 g/mol. The first-order valence-corrected chi connectivity index (χ1v) is 6.44. The zero-order chi connectivity index (χ0) is 14.4. The summed E-state index contributed by atoms with van der Waals surface area (Å²) >= 11 is 5.85. The molecule has 0 unspecified atom stereocenters. The fraction of sp³-hybridized carbons (Fsp3) is 0.538. The van der Waals surface area contributed by atoms with E-state index in [0.717, 1.165) is 0 Å². The number of halogens is 2. The number of ether oxygens (including phenoxy) is 1. The Morgan fingerprint density at radius 1 is 1.16 bits per heavy atom. The van der Waals surface area contributed by atoms with Crippen LogP contribution in [0.25, 0.3) is 0 Å².